The van der Waals surface area contributed by atoms with Gasteiger partial charge in [0, 0.05) is 12.0 Å². The number of ether oxygens (including phenoxy) is 1. The van der Waals surface area contributed by atoms with E-state index in [1.807, 2.05) is 38.1 Å². The second-order valence-corrected chi connectivity index (χ2v) is 4.07. The molecule has 0 unspecified atom stereocenters. The fraction of sp³-hybridized carbons (Fsp3) is 0.333. The molecule has 0 N–H and O–H groups in total. The fourth-order valence-electron chi connectivity index (χ4n) is 1.49. The molecule has 0 bridgehead atoms. The van der Waals surface area contributed by atoms with Gasteiger partial charge in [-0.05, 0) is 19.1 Å². The molecule has 1 aromatic heterocycles. The van der Waals surface area contributed by atoms with Gasteiger partial charge < -0.3 is 9.15 Å². The van der Waals surface area contributed by atoms with Gasteiger partial charge in [-0.2, -0.15) is 0 Å². The van der Waals surface area contributed by atoms with E-state index in [-0.39, 0.29) is 6.61 Å². The molecule has 0 aliphatic carbocycles. The van der Waals surface area contributed by atoms with Gasteiger partial charge in [-0.3, -0.25) is 0 Å². The SMILES string of the molecule is CCC#CCOCc1nnc(-c2ccc(C)cc2)o1. The molecule has 1 heterocycles. The average molecular weight is 256 g/mol. The molecule has 0 atom stereocenters. The van der Waals surface area contributed by atoms with Crippen LogP contribution < -0.4 is 0 Å². The lowest BCUT2D eigenvalue weighted by Gasteiger charge is -1.96. The third-order valence-electron chi connectivity index (χ3n) is 2.47. The van der Waals surface area contributed by atoms with E-state index in [1.165, 1.54) is 5.56 Å². The van der Waals surface area contributed by atoms with Gasteiger partial charge in [0.15, 0.2) is 0 Å². The summed E-state index contributed by atoms with van der Waals surface area (Å²) >= 11 is 0. The van der Waals surface area contributed by atoms with Crippen molar-refractivity contribution < 1.29 is 9.15 Å². The van der Waals surface area contributed by atoms with E-state index >= 15 is 0 Å². The smallest absolute Gasteiger partial charge is 0.247 e. The largest absolute Gasteiger partial charge is 0.418 e. The second kappa shape index (κ2) is 6.72. The molecule has 1 aromatic carbocycles. The lowest BCUT2D eigenvalue weighted by atomic mass is 10.1. The number of nitrogens with zero attached hydrogens (tertiary/aromatic N) is 2. The number of hydrogen-bond donors (Lipinski definition) is 0. The van der Waals surface area contributed by atoms with E-state index in [2.05, 4.69) is 22.0 Å². The normalized spacial score (nSPS) is 10.0. The van der Waals surface area contributed by atoms with E-state index in [0.717, 1.165) is 12.0 Å². The highest BCUT2D eigenvalue weighted by Gasteiger charge is 2.07. The molecule has 2 rings (SSSR count). The second-order valence-electron chi connectivity index (χ2n) is 4.07. The summed E-state index contributed by atoms with van der Waals surface area (Å²) in [5, 5.41) is 7.94. The Bertz CT molecular complexity index is 576. The van der Waals surface area contributed by atoms with Crippen LogP contribution in [0.3, 0.4) is 0 Å². The quantitative estimate of drug-likeness (QED) is 0.623. The van der Waals surface area contributed by atoms with Crippen molar-refractivity contribution in [1.29, 1.82) is 0 Å². The molecule has 4 nitrogen and oxygen atoms in total. The first kappa shape index (κ1) is 13.3. The Kier molecular flexibility index (Phi) is 4.71. The Balaban J connectivity index is 1.93. The number of rotatable bonds is 4. The maximum absolute atomic E-state index is 5.52. The monoisotopic (exact) mass is 256 g/mol. The summed E-state index contributed by atoms with van der Waals surface area (Å²) in [5.41, 5.74) is 2.11. The highest BCUT2D eigenvalue weighted by molar-refractivity contribution is 5.52. The van der Waals surface area contributed by atoms with Gasteiger partial charge in [-0.1, -0.05) is 30.5 Å². The van der Waals surface area contributed by atoms with Gasteiger partial charge in [-0.25, -0.2) is 0 Å². The van der Waals surface area contributed by atoms with Crippen LogP contribution in [0.15, 0.2) is 28.7 Å². The third-order valence-corrected chi connectivity index (χ3v) is 2.47. The van der Waals surface area contributed by atoms with Crippen molar-refractivity contribution in [3.05, 3.63) is 35.7 Å². The van der Waals surface area contributed by atoms with E-state index in [9.17, 15) is 0 Å². The van der Waals surface area contributed by atoms with Crippen molar-refractivity contribution in [2.75, 3.05) is 6.61 Å². The van der Waals surface area contributed by atoms with Crippen LogP contribution in [0.4, 0.5) is 0 Å². The zero-order valence-electron chi connectivity index (χ0n) is 11.1. The lowest BCUT2D eigenvalue weighted by Crippen LogP contribution is -1.93. The van der Waals surface area contributed by atoms with Gasteiger partial charge in [0.1, 0.15) is 13.2 Å². The van der Waals surface area contributed by atoms with Crippen LogP contribution in [0.5, 0.6) is 0 Å². The molecule has 0 saturated heterocycles. The Hall–Kier alpha value is -2.12. The predicted octanol–water partition coefficient (Wildman–Crippen LogP) is 2.98. The summed E-state index contributed by atoms with van der Waals surface area (Å²) in [6.45, 7) is 4.71. The first-order valence-electron chi connectivity index (χ1n) is 6.22. The summed E-state index contributed by atoms with van der Waals surface area (Å²) < 4.78 is 10.8. The van der Waals surface area contributed by atoms with Crippen LogP contribution in [0.2, 0.25) is 0 Å². The topological polar surface area (TPSA) is 48.2 Å². The van der Waals surface area contributed by atoms with Crippen LogP contribution in [-0.4, -0.2) is 16.8 Å². The first-order valence-corrected chi connectivity index (χ1v) is 6.22. The Morgan fingerprint density at radius 1 is 1.16 bits per heavy atom. The first-order chi connectivity index (χ1) is 9.29. The minimum atomic E-state index is 0.289. The Morgan fingerprint density at radius 3 is 2.68 bits per heavy atom. The lowest BCUT2D eigenvalue weighted by molar-refractivity contribution is 0.132. The van der Waals surface area contributed by atoms with Crippen LogP contribution >= 0.6 is 0 Å². The fourth-order valence-corrected chi connectivity index (χ4v) is 1.49. The molecule has 0 radical (unpaired) electrons. The van der Waals surface area contributed by atoms with Gasteiger partial charge in [0.2, 0.25) is 11.8 Å². The highest BCUT2D eigenvalue weighted by Crippen LogP contribution is 2.18. The molecule has 0 aliphatic rings. The number of aryl methyl sites for hydroxylation is 1. The molecule has 0 saturated carbocycles. The predicted molar refractivity (Wildman–Crippen MR) is 72.2 cm³/mol. The van der Waals surface area contributed by atoms with Crippen LogP contribution in [0.25, 0.3) is 11.5 Å². The average Bonchev–Trinajstić information content (AvgIpc) is 2.88. The van der Waals surface area contributed by atoms with Crippen molar-refractivity contribution in [3.8, 4) is 23.3 Å². The van der Waals surface area contributed by atoms with Gasteiger partial charge in [-0.15, -0.1) is 16.1 Å². The summed E-state index contributed by atoms with van der Waals surface area (Å²) in [6.07, 6.45) is 0.835. The van der Waals surface area contributed by atoms with Crippen LogP contribution in [-0.2, 0) is 11.3 Å². The molecular weight excluding hydrogens is 240 g/mol. The van der Waals surface area contributed by atoms with Crippen molar-refractivity contribution >= 4 is 0 Å². The summed E-state index contributed by atoms with van der Waals surface area (Å²) in [5.74, 6) is 6.80. The maximum atomic E-state index is 5.52. The van der Waals surface area contributed by atoms with Crippen molar-refractivity contribution in [3.63, 3.8) is 0 Å². The zero-order chi connectivity index (χ0) is 13.5. The maximum Gasteiger partial charge on any atom is 0.247 e. The van der Waals surface area contributed by atoms with Crippen molar-refractivity contribution in [1.82, 2.24) is 10.2 Å². The molecule has 4 heteroatoms. The summed E-state index contributed by atoms with van der Waals surface area (Å²) in [7, 11) is 0. The molecule has 19 heavy (non-hydrogen) atoms. The molecule has 0 amide bonds. The van der Waals surface area contributed by atoms with E-state index in [1.54, 1.807) is 0 Å². The number of hydrogen-bond acceptors (Lipinski definition) is 4. The molecular formula is C15H16N2O2. The zero-order valence-corrected chi connectivity index (χ0v) is 11.1. The molecule has 0 fully saturated rings. The molecule has 0 spiro atoms. The number of benzene rings is 1. The van der Waals surface area contributed by atoms with E-state index < -0.39 is 0 Å². The molecule has 2 aromatic rings. The summed E-state index contributed by atoms with van der Waals surface area (Å²) in [6, 6.07) is 7.94. The standard InChI is InChI=1S/C15H16N2O2/c1-3-4-5-10-18-11-14-16-17-15(19-14)13-8-6-12(2)7-9-13/h6-9H,3,10-11H2,1-2H3. The Labute approximate surface area is 112 Å². The van der Waals surface area contributed by atoms with Crippen LogP contribution in [0.1, 0.15) is 24.8 Å². The minimum absolute atomic E-state index is 0.289. The molecule has 0 aliphatic heterocycles. The van der Waals surface area contributed by atoms with Crippen molar-refractivity contribution in [2.24, 2.45) is 0 Å². The third kappa shape index (κ3) is 3.94. The van der Waals surface area contributed by atoms with Gasteiger partial charge >= 0.3 is 0 Å². The summed E-state index contributed by atoms with van der Waals surface area (Å²) in [4.78, 5) is 0. The molecule has 98 valence electrons. The van der Waals surface area contributed by atoms with E-state index in [4.69, 9.17) is 9.15 Å². The van der Waals surface area contributed by atoms with Crippen LogP contribution in [0, 0.1) is 18.8 Å². The van der Waals surface area contributed by atoms with Crippen molar-refractivity contribution in [2.45, 2.75) is 26.9 Å². The Morgan fingerprint density at radius 2 is 1.95 bits per heavy atom. The van der Waals surface area contributed by atoms with Gasteiger partial charge in [0.05, 0.1) is 0 Å². The van der Waals surface area contributed by atoms with E-state index in [0.29, 0.717) is 18.4 Å². The number of aromatic nitrogens is 2. The minimum Gasteiger partial charge on any atom is -0.418 e. The van der Waals surface area contributed by atoms with Gasteiger partial charge in [0.25, 0.3) is 0 Å². The highest BCUT2D eigenvalue weighted by atomic mass is 16.5.